The Balaban J connectivity index is 1.56. The number of hydrogen-bond donors (Lipinski definition) is 0. The summed E-state index contributed by atoms with van der Waals surface area (Å²) in [5, 5.41) is 0.456. The molecule has 0 bridgehead atoms. The van der Waals surface area contributed by atoms with Gasteiger partial charge in [0.2, 0.25) is 15.9 Å². The average molecular weight is 414 g/mol. The first-order chi connectivity index (χ1) is 12.9. The van der Waals surface area contributed by atoms with Gasteiger partial charge in [-0.25, -0.2) is 8.42 Å². The molecule has 1 aromatic carbocycles. The zero-order chi connectivity index (χ0) is 19.4. The Morgan fingerprint density at radius 3 is 2.22 bits per heavy atom. The predicted octanol–water partition coefficient (Wildman–Crippen LogP) is 2.36. The molecule has 0 aromatic heterocycles. The average Bonchev–Trinajstić information content (AvgIpc) is 2.94. The Kier molecular flexibility index (Phi) is 6.78. The van der Waals surface area contributed by atoms with Gasteiger partial charge in [-0.1, -0.05) is 30.5 Å². The van der Waals surface area contributed by atoms with Gasteiger partial charge in [-0.3, -0.25) is 9.69 Å². The molecule has 2 aliphatic rings. The van der Waals surface area contributed by atoms with E-state index in [-0.39, 0.29) is 10.8 Å². The van der Waals surface area contributed by atoms with E-state index in [2.05, 4.69) is 4.90 Å². The number of likely N-dealkylation sites (tertiary alicyclic amines) is 1. The molecule has 0 unspecified atom stereocenters. The highest BCUT2D eigenvalue weighted by Crippen LogP contribution is 2.23. The van der Waals surface area contributed by atoms with E-state index in [1.54, 1.807) is 12.1 Å². The third-order valence-electron chi connectivity index (χ3n) is 5.43. The van der Waals surface area contributed by atoms with Crippen molar-refractivity contribution in [3.8, 4) is 0 Å². The summed E-state index contributed by atoms with van der Waals surface area (Å²) in [4.78, 5) is 16.8. The first-order valence-electron chi connectivity index (χ1n) is 9.64. The van der Waals surface area contributed by atoms with E-state index in [9.17, 15) is 13.2 Å². The Bertz CT molecular complexity index is 768. The number of piperazine rings is 1. The van der Waals surface area contributed by atoms with E-state index < -0.39 is 10.0 Å². The zero-order valence-corrected chi connectivity index (χ0v) is 17.4. The Morgan fingerprint density at radius 2 is 1.63 bits per heavy atom. The molecule has 3 rings (SSSR count). The van der Waals surface area contributed by atoms with Crippen LogP contribution >= 0.6 is 11.6 Å². The SMILES string of the molecule is Cc1ccc(S(=O)(=O)N2CCN(CC(=O)N3CCCCCC3)CC2)cc1Cl. The molecule has 2 fully saturated rings. The zero-order valence-electron chi connectivity index (χ0n) is 15.9. The van der Waals surface area contributed by atoms with Crippen LogP contribution < -0.4 is 0 Å². The van der Waals surface area contributed by atoms with Crippen molar-refractivity contribution in [2.24, 2.45) is 0 Å². The van der Waals surface area contributed by atoms with Crippen molar-refractivity contribution in [1.29, 1.82) is 0 Å². The van der Waals surface area contributed by atoms with Crippen LogP contribution in [0.25, 0.3) is 0 Å². The second-order valence-corrected chi connectivity index (χ2v) is 9.73. The van der Waals surface area contributed by atoms with Crippen LogP contribution in [0.4, 0.5) is 0 Å². The van der Waals surface area contributed by atoms with Crippen molar-refractivity contribution < 1.29 is 13.2 Å². The summed E-state index contributed by atoms with van der Waals surface area (Å²) in [7, 11) is -3.55. The van der Waals surface area contributed by atoms with E-state index >= 15 is 0 Å². The van der Waals surface area contributed by atoms with E-state index in [0.717, 1.165) is 31.5 Å². The second-order valence-electron chi connectivity index (χ2n) is 7.39. The number of amides is 1. The lowest BCUT2D eigenvalue weighted by molar-refractivity contribution is -0.132. The van der Waals surface area contributed by atoms with Crippen molar-refractivity contribution in [2.75, 3.05) is 45.8 Å². The van der Waals surface area contributed by atoms with E-state index in [4.69, 9.17) is 11.6 Å². The number of aryl methyl sites for hydroxylation is 1. The van der Waals surface area contributed by atoms with E-state index in [0.29, 0.717) is 37.7 Å². The van der Waals surface area contributed by atoms with Gasteiger partial charge in [0.05, 0.1) is 11.4 Å². The number of carbonyl (C=O) groups excluding carboxylic acids is 1. The molecular formula is C19H28ClN3O3S. The molecule has 8 heteroatoms. The molecular weight excluding hydrogens is 386 g/mol. The lowest BCUT2D eigenvalue weighted by atomic mass is 10.2. The number of carbonyl (C=O) groups is 1. The highest BCUT2D eigenvalue weighted by atomic mass is 35.5. The van der Waals surface area contributed by atoms with Crippen molar-refractivity contribution in [3.63, 3.8) is 0 Å². The normalized spacial score (nSPS) is 20.4. The number of hydrogen-bond acceptors (Lipinski definition) is 4. The molecule has 2 saturated heterocycles. The fraction of sp³-hybridized carbons (Fsp3) is 0.632. The van der Waals surface area contributed by atoms with E-state index in [1.165, 1.54) is 23.2 Å². The summed E-state index contributed by atoms with van der Waals surface area (Å²) in [6.07, 6.45) is 4.56. The van der Waals surface area contributed by atoms with Crippen LogP contribution in [0.1, 0.15) is 31.2 Å². The molecule has 1 amide bonds. The summed E-state index contributed by atoms with van der Waals surface area (Å²) in [5.41, 5.74) is 0.854. The van der Waals surface area contributed by atoms with Crippen LogP contribution in [-0.4, -0.2) is 74.2 Å². The van der Waals surface area contributed by atoms with Crippen LogP contribution in [0, 0.1) is 6.92 Å². The second kappa shape index (κ2) is 8.90. The van der Waals surface area contributed by atoms with Gasteiger partial charge in [0.15, 0.2) is 0 Å². The fourth-order valence-electron chi connectivity index (χ4n) is 3.62. The van der Waals surface area contributed by atoms with Gasteiger partial charge in [-0.05, 0) is 37.5 Å². The van der Waals surface area contributed by atoms with Crippen molar-refractivity contribution >= 4 is 27.5 Å². The number of benzene rings is 1. The summed E-state index contributed by atoms with van der Waals surface area (Å²) in [6.45, 7) is 5.84. The largest absolute Gasteiger partial charge is 0.342 e. The third kappa shape index (κ3) is 5.02. The molecule has 0 radical (unpaired) electrons. The summed E-state index contributed by atoms with van der Waals surface area (Å²) >= 11 is 6.09. The maximum absolute atomic E-state index is 12.8. The Hall–Kier alpha value is -1.15. The lowest BCUT2D eigenvalue weighted by Crippen LogP contribution is -2.51. The van der Waals surface area contributed by atoms with E-state index in [1.807, 2.05) is 11.8 Å². The van der Waals surface area contributed by atoms with Crippen molar-refractivity contribution in [1.82, 2.24) is 14.1 Å². The van der Waals surface area contributed by atoms with Gasteiger partial charge in [-0.2, -0.15) is 4.31 Å². The molecule has 0 atom stereocenters. The number of sulfonamides is 1. The molecule has 2 aliphatic heterocycles. The third-order valence-corrected chi connectivity index (χ3v) is 7.73. The first kappa shape index (κ1) is 20.6. The molecule has 150 valence electrons. The van der Waals surface area contributed by atoms with Gasteiger partial charge < -0.3 is 4.90 Å². The van der Waals surface area contributed by atoms with Crippen molar-refractivity contribution in [3.05, 3.63) is 28.8 Å². The predicted molar refractivity (Wildman–Crippen MR) is 106 cm³/mol. The minimum Gasteiger partial charge on any atom is -0.342 e. The Labute approximate surface area is 167 Å². The smallest absolute Gasteiger partial charge is 0.243 e. The molecule has 0 saturated carbocycles. The van der Waals surface area contributed by atoms with Gasteiger partial charge in [0, 0.05) is 44.3 Å². The van der Waals surface area contributed by atoms with Crippen LogP contribution in [0.5, 0.6) is 0 Å². The van der Waals surface area contributed by atoms with Crippen molar-refractivity contribution in [2.45, 2.75) is 37.5 Å². The van der Waals surface area contributed by atoms with Crippen LogP contribution in [0.15, 0.2) is 23.1 Å². The number of nitrogens with zero attached hydrogens (tertiary/aromatic N) is 3. The minimum atomic E-state index is -3.55. The van der Waals surface area contributed by atoms with Crippen LogP contribution in [0.2, 0.25) is 5.02 Å². The minimum absolute atomic E-state index is 0.165. The molecule has 0 aliphatic carbocycles. The highest BCUT2D eigenvalue weighted by Gasteiger charge is 2.30. The maximum Gasteiger partial charge on any atom is 0.243 e. The Morgan fingerprint density at radius 1 is 1.00 bits per heavy atom. The number of rotatable bonds is 4. The quantitative estimate of drug-likeness (QED) is 0.760. The van der Waals surface area contributed by atoms with Gasteiger partial charge in [0.1, 0.15) is 0 Å². The molecule has 0 spiro atoms. The summed E-state index contributed by atoms with van der Waals surface area (Å²) < 4.78 is 27.2. The van der Waals surface area contributed by atoms with Gasteiger partial charge >= 0.3 is 0 Å². The summed E-state index contributed by atoms with van der Waals surface area (Å²) in [6, 6.07) is 4.85. The van der Waals surface area contributed by atoms with Crippen LogP contribution in [-0.2, 0) is 14.8 Å². The molecule has 0 N–H and O–H groups in total. The monoisotopic (exact) mass is 413 g/mol. The molecule has 27 heavy (non-hydrogen) atoms. The molecule has 2 heterocycles. The van der Waals surface area contributed by atoms with Gasteiger partial charge in [0.25, 0.3) is 0 Å². The summed E-state index contributed by atoms with van der Waals surface area (Å²) in [5.74, 6) is 0.165. The standard InChI is InChI=1S/C19H28ClN3O3S/c1-16-6-7-17(14-18(16)20)27(25,26)23-12-10-21(11-13-23)15-19(24)22-8-4-2-3-5-9-22/h6-7,14H,2-5,8-13,15H2,1H3. The van der Waals surface area contributed by atoms with Crippen LogP contribution in [0.3, 0.4) is 0 Å². The lowest BCUT2D eigenvalue weighted by Gasteiger charge is -2.34. The molecule has 1 aromatic rings. The molecule has 6 nitrogen and oxygen atoms in total. The number of halogens is 1. The highest BCUT2D eigenvalue weighted by molar-refractivity contribution is 7.89. The first-order valence-corrected chi connectivity index (χ1v) is 11.5. The maximum atomic E-state index is 12.8. The van der Waals surface area contributed by atoms with Gasteiger partial charge in [-0.15, -0.1) is 0 Å². The topological polar surface area (TPSA) is 60.9 Å². The fourth-order valence-corrected chi connectivity index (χ4v) is 5.32.